The van der Waals surface area contributed by atoms with Crippen molar-refractivity contribution in [2.75, 3.05) is 0 Å². The van der Waals surface area contributed by atoms with Crippen molar-refractivity contribution in [3.8, 4) is 0 Å². The number of nitrogens with two attached hydrogens (primary N) is 1. The second-order valence-electron chi connectivity index (χ2n) is 4.80. The van der Waals surface area contributed by atoms with E-state index in [1.165, 1.54) is 0 Å². The number of rotatable bonds is 3. The molecule has 2 rings (SSSR count). The zero-order valence-electron chi connectivity index (χ0n) is 11.2. The van der Waals surface area contributed by atoms with Gasteiger partial charge in [0.05, 0.1) is 17.4 Å². The average molecular weight is 260 g/mol. The molecule has 0 amide bonds. The fourth-order valence-corrected chi connectivity index (χ4v) is 2.29. The number of nitrogens with zero attached hydrogens (tertiary/aromatic N) is 2. The van der Waals surface area contributed by atoms with E-state index in [1.807, 2.05) is 23.9 Å². The number of hydrogen-bond donors (Lipinski definition) is 2. The maximum absolute atomic E-state index is 13.4. The fraction of sp³-hybridized carbons (Fsp3) is 0.286. The van der Waals surface area contributed by atoms with Crippen molar-refractivity contribution in [2.45, 2.75) is 19.8 Å². The molecule has 0 aliphatic rings. The van der Waals surface area contributed by atoms with E-state index in [4.69, 9.17) is 11.1 Å². The van der Waals surface area contributed by atoms with Gasteiger partial charge < -0.3 is 11.1 Å². The summed E-state index contributed by atoms with van der Waals surface area (Å²) in [4.78, 5) is 0. The lowest BCUT2D eigenvalue weighted by atomic mass is 10.0. The molecule has 0 fully saturated rings. The largest absolute Gasteiger partial charge is 0.396 e. The molecule has 0 unspecified atom stereocenters. The van der Waals surface area contributed by atoms with Crippen LogP contribution in [-0.4, -0.2) is 16.0 Å². The molecule has 100 valence electrons. The van der Waals surface area contributed by atoms with E-state index in [2.05, 4.69) is 18.9 Å². The highest BCUT2D eigenvalue weighted by Gasteiger charge is 2.14. The highest BCUT2D eigenvalue weighted by atomic mass is 19.1. The van der Waals surface area contributed by atoms with Gasteiger partial charge in [-0.2, -0.15) is 5.10 Å². The van der Waals surface area contributed by atoms with Crippen LogP contribution in [0, 0.1) is 5.41 Å². The Hall–Kier alpha value is -2.17. The van der Waals surface area contributed by atoms with E-state index in [9.17, 15) is 4.39 Å². The van der Waals surface area contributed by atoms with Gasteiger partial charge in [0.25, 0.3) is 0 Å². The number of aromatic nitrogens is 2. The van der Waals surface area contributed by atoms with Crippen LogP contribution in [0.1, 0.15) is 31.0 Å². The van der Waals surface area contributed by atoms with Gasteiger partial charge in [0, 0.05) is 23.7 Å². The Balaban J connectivity index is 2.69. The molecule has 1 aromatic heterocycles. The van der Waals surface area contributed by atoms with Crippen molar-refractivity contribution in [1.29, 1.82) is 5.41 Å². The van der Waals surface area contributed by atoms with Gasteiger partial charge in [0.15, 0.2) is 5.83 Å². The monoisotopic (exact) mass is 260 g/mol. The van der Waals surface area contributed by atoms with Crippen molar-refractivity contribution in [2.24, 2.45) is 12.8 Å². The molecule has 0 radical (unpaired) electrons. The van der Waals surface area contributed by atoms with E-state index in [1.54, 1.807) is 6.07 Å². The number of halogens is 1. The van der Waals surface area contributed by atoms with Gasteiger partial charge in [-0.3, -0.25) is 4.68 Å². The molecule has 0 saturated carbocycles. The van der Waals surface area contributed by atoms with Gasteiger partial charge in [-0.1, -0.05) is 19.9 Å². The summed E-state index contributed by atoms with van der Waals surface area (Å²) in [7, 11) is 1.90. The molecule has 2 aromatic rings. The minimum Gasteiger partial charge on any atom is -0.396 e. The maximum Gasteiger partial charge on any atom is 0.164 e. The van der Waals surface area contributed by atoms with E-state index in [-0.39, 0.29) is 5.70 Å². The molecule has 19 heavy (non-hydrogen) atoms. The van der Waals surface area contributed by atoms with Crippen molar-refractivity contribution >= 4 is 22.8 Å². The Labute approximate surface area is 111 Å². The summed E-state index contributed by atoms with van der Waals surface area (Å²) in [5.74, 6) is -0.419. The topological polar surface area (TPSA) is 67.7 Å². The normalized spacial score (nSPS) is 12.9. The number of nitrogens with one attached hydrogen (secondary N) is 1. The van der Waals surface area contributed by atoms with Crippen LogP contribution in [0.5, 0.6) is 0 Å². The van der Waals surface area contributed by atoms with E-state index in [0.717, 1.165) is 16.6 Å². The SMILES string of the molecule is CC(C)c1c2cc(C(N)=C(F)C=N)ccc2nn1C. The van der Waals surface area contributed by atoms with Crippen molar-refractivity contribution in [3.05, 3.63) is 35.3 Å². The summed E-state index contributed by atoms with van der Waals surface area (Å²) < 4.78 is 15.2. The smallest absolute Gasteiger partial charge is 0.164 e. The average Bonchev–Trinajstić information content (AvgIpc) is 2.71. The van der Waals surface area contributed by atoms with Gasteiger partial charge in [0.1, 0.15) is 0 Å². The van der Waals surface area contributed by atoms with Crippen LogP contribution in [0.4, 0.5) is 4.39 Å². The van der Waals surface area contributed by atoms with Crippen LogP contribution >= 0.6 is 0 Å². The van der Waals surface area contributed by atoms with Crippen LogP contribution < -0.4 is 5.73 Å². The molecule has 0 bridgehead atoms. The van der Waals surface area contributed by atoms with Gasteiger partial charge in [0.2, 0.25) is 0 Å². The predicted molar refractivity (Wildman–Crippen MR) is 75.8 cm³/mol. The molecular weight excluding hydrogens is 243 g/mol. The molecule has 0 atom stereocenters. The first-order valence-electron chi connectivity index (χ1n) is 6.08. The molecular formula is C14H17FN4. The number of hydrogen-bond acceptors (Lipinski definition) is 3. The zero-order valence-corrected chi connectivity index (χ0v) is 11.2. The van der Waals surface area contributed by atoms with Crippen LogP contribution in [0.3, 0.4) is 0 Å². The molecule has 3 N–H and O–H groups in total. The summed E-state index contributed by atoms with van der Waals surface area (Å²) in [5, 5.41) is 12.3. The quantitative estimate of drug-likeness (QED) is 0.833. The lowest BCUT2D eigenvalue weighted by molar-refractivity contribution is 0.677. The van der Waals surface area contributed by atoms with Gasteiger partial charge in [-0.05, 0) is 18.1 Å². The third-order valence-corrected chi connectivity index (χ3v) is 3.12. The van der Waals surface area contributed by atoms with Gasteiger partial charge in [-0.15, -0.1) is 0 Å². The molecule has 0 saturated heterocycles. The standard InChI is InChI=1S/C14H17FN4/c1-8(2)14-10-6-9(13(17)11(15)7-16)4-5-12(10)18-19(14)3/h4-8,16H,17H2,1-3H3. The Kier molecular flexibility index (Phi) is 3.38. The Morgan fingerprint density at radius 3 is 2.74 bits per heavy atom. The lowest BCUT2D eigenvalue weighted by Crippen LogP contribution is -2.01. The first kappa shape index (κ1) is 13.3. The van der Waals surface area contributed by atoms with Crippen molar-refractivity contribution in [1.82, 2.24) is 9.78 Å². The minimum absolute atomic E-state index is 0.0181. The van der Waals surface area contributed by atoms with Gasteiger partial charge in [-0.25, -0.2) is 4.39 Å². The molecule has 4 nitrogen and oxygen atoms in total. The Morgan fingerprint density at radius 2 is 2.16 bits per heavy atom. The van der Waals surface area contributed by atoms with E-state index in [0.29, 0.717) is 17.7 Å². The van der Waals surface area contributed by atoms with Crippen molar-refractivity contribution in [3.63, 3.8) is 0 Å². The van der Waals surface area contributed by atoms with Gasteiger partial charge >= 0.3 is 0 Å². The highest BCUT2D eigenvalue weighted by Crippen LogP contribution is 2.27. The highest BCUT2D eigenvalue weighted by molar-refractivity contribution is 5.90. The Morgan fingerprint density at radius 1 is 1.47 bits per heavy atom. The molecule has 5 heteroatoms. The van der Waals surface area contributed by atoms with Crippen LogP contribution in [-0.2, 0) is 7.05 Å². The summed E-state index contributed by atoms with van der Waals surface area (Å²) >= 11 is 0. The second kappa shape index (κ2) is 4.84. The first-order chi connectivity index (χ1) is 8.95. The molecule has 0 aliphatic heterocycles. The Bertz CT molecular complexity index is 667. The van der Waals surface area contributed by atoms with E-state index < -0.39 is 5.83 Å². The molecule has 1 heterocycles. The summed E-state index contributed by atoms with van der Waals surface area (Å²) in [6.45, 7) is 4.17. The molecule has 0 spiro atoms. The van der Waals surface area contributed by atoms with Crippen molar-refractivity contribution < 1.29 is 4.39 Å². The number of allylic oxidation sites excluding steroid dienone is 1. The zero-order chi connectivity index (χ0) is 14.2. The van der Waals surface area contributed by atoms with Crippen LogP contribution in [0.25, 0.3) is 16.6 Å². The third kappa shape index (κ3) is 2.23. The summed E-state index contributed by atoms with van der Waals surface area (Å²) in [5.41, 5.74) is 8.20. The van der Waals surface area contributed by atoms with E-state index >= 15 is 0 Å². The summed E-state index contributed by atoms with van der Waals surface area (Å²) in [6, 6.07) is 5.37. The number of fused-ring (bicyclic) bond motifs is 1. The third-order valence-electron chi connectivity index (χ3n) is 3.12. The summed E-state index contributed by atoms with van der Waals surface area (Å²) in [6.07, 6.45) is 0.617. The maximum atomic E-state index is 13.4. The lowest BCUT2D eigenvalue weighted by Gasteiger charge is -2.07. The van der Waals surface area contributed by atoms with Crippen LogP contribution in [0.15, 0.2) is 24.0 Å². The number of aryl methyl sites for hydroxylation is 1. The molecule has 0 aliphatic carbocycles. The number of benzene rings is 1. The fourth-order valence-electron chi connectivity index (χ4n) is 2.29. The second-order valence-corrected chi connectivity index (χ2v) is 4.80. The minimum atomic E-state index is -0.727. The predicted octanol–water partition coefficient (Wildman–Crippen LogP) is 2.94. The first-order valence-corrected chi connectivity index (χ1v) is 6.08. The van der Waals surface area contributed by atoms with Crippen LogP contribution in [0.2, 0.25) is 0 Å². The molecule has 1 aromatic carbocycles.